The maximum absolute atomic E-state index is 12.2. The van der Waals surface area contributed by atoms with Crippen molar-refractivity contribution < 1.29 is 4.79 Å². The van der Waals surface area contributed by atoms with Gasteiger partial charge in [0, 0.05) is 31.1 Å². The van der Waals surface area contributed by atoms with Crippen LogP contribution in [0.1, 0.15) is 46.0 Å². The lowest BCUT2D eigenvalue weighted by atomic mass is 9.81. The van der Waals surface area contributed by atoms with E-state index in [-0.39, 0.29) is 5.92 Å². The summed E-state index contributed by atoms with van der Waals surface area (Å²) in [6, 6.07) is 10.5. The van der Waals surface area contributed by atoms with Crippen molar-refractivity contribution in [2.75, 3.05) is 18.0 Å². The summed E-state index contributed by atoms with van der Waals surface area (Å²) in [4.78, 5) is 14.6. The van der Waals surface area contributed by atoms with Crippen LogP contribution in [-0.2, 0) is 4.79 Å². The number of anilines is 1. The predicted octanol–water partition coefficient (Wildman–Crippen LogP) is 4.30. The molecule has 0 saturated heterocycles. The van der Waals surface area contributed by atoms with Gasteiger partial charge in [0.25, 0.3) is 0 Å². The van der Waals surface area contributed by atoms with Crippen LogP contribution >= 0.6 is 0 Å². The Morgan fingerprint density at radius 3 is 2.70 bits per heavy atom. The molecule has 2 heteroatoms. The van der Waals surface area contributed by atoms with Crippen molar-refractivity contribution in [2.24, 2.45) is 11.8 Å². The number of rotatable bonds is 6. The Balaban J connectivity index is 2.05. The lowest BCUT2D eigenvalue weighted by molar-refractivity contribution is -0.125. The molecule has 1 aliphatic rings. The van der Waals surface area contributed by atoms with Crippen LogP contribution in [-0.4, -0.2) is 18.9 Å². The molecule has 2 nitrogen and oxygen atoms in total. The van der Waals surface area contributed by atoms with Crippen molar-refractivity contribution in [2.45, 2.75) is 46.0 Å². The van der Waals surface area contributed by atoms with Crippen LogP contribution in [0.15, 0.2) is 30.3 Å². The summed E-state index contributed by atoms with van der Waals surface area (Å²) < 4.78 is 0. The summed E-state index contributed by atoms with van der Waals surface area (Å²) in [5, 5.41) is 0. The van der Waals surface area contributed by atoms with E-state index in [9.17, 15) is 4.79 Å². The van der Waals surface area contributed by atoms with E-state index in [1.807, 2.05) is 0 Å². The zero-order valence-electron chi connectivity index (χ0n) is 12.8. The number of carbonyl (C=O) groups is 1. The van der Waals surface area contributed by atoms with Crippen LogP contribution in [0, 0.1) is 11.8 Å². The first-order chi connectivity index (χ1) is 9.70. The molecule has 1 fully saturated rings. The van der Waals surface area contributed by atoms with Gasteiger partial charge < -0.3 is 4.90 Å². The fourth-order valence-electron chi connectivity index (χ4n) is 3.08. The second-order valence-corrected chi connectivity index (χ2v) is 6.18. The zero-order chi connectivity index (χ0) is 14.4. The summed E-state index contributed by atoms with van der Waals surface area (Å²) in [6.07, 6.45) is 5.30. The van der Waals surface area contributed by atoms with E-state index in [1.165, 1.54) is 18.5 Å². The second-order valence-electron chi connectivity index (χ2n) is 6.18. The topological polar surface area (TPSA) is 20.3 Å². The van der Waals surface area contributed by atoms with E-state index in [4.69, 9.17) is 0 Å². The summed E-state index contributed by atoms with van der Waals surface area (Å²) in [5.74, 6) is 1.40. The number of nitrogens with zero attached hydrogens (tertiary/aromatic N) is 1. The number of Topliss-reactive ketones (excluding diaryl/α,β-unsaturated/α-hetero) is 1. The quantitative estimate of drug-likeness (QED) is 0.770. The second kappa shape index (κ2) is 7.47. The van der Waals surface area contributed by atoms with Crippen LogP contribution < -0.4 is 4.90 Å². The molecule has 0 bridgehead atoms. The van der Waals surface area contributed by atoms with Crippen molar-refractivity contribution in [1.82, 2.24) is 0 Å². The van der Waals surface area contributed by atoms with Gasteiger partial charge in [0.2, 0.25) is 0 Å². The molecule has 0 aliphatic heterocycles. The highest BCUT2D eigenvalue weighted by Gasteiger charge is 2.28. The molecule has 0 aromatic heterocycles. The molecule has 1 aromatic carbocycles. The van der Waals surface area contributed by atoms with Gasteiger partial charge >= 0.3 is 0 Å². The maximum Gasteiger partial charge on any atom is 0.137 e. The monoisotopic (exact) mass is 273 g/mol. The summed E-state index contributed by atoms with van der Waals surface area (Å²) in [6.45, 7) is 6.45. The third-order valence-electron chi connectivity index (χ3n) is 4.37. The Kier molecular flexibility index (Phi) is 5.63. The summed E-state index contributed by atoms with van der Waals surface area (Å²) in [7, 11) is 0. The van der Waals surface area contributed by atoms with Crippen LogP contribution in [0.25, 0.3) is 0 Å². The first-order valence-corrected chi connectivity index (χ1v) is 8.03. The number of carbonyl (C=O) groups excluding carboxylic acids is 1. The first kappa shape index (κ1) is 15.1. The molecule has 20 heavy (non-hydrogen) atoms. The van der Waals surface area contributed by atoms with E-state index in [2.05, 4.69) is 49.1 Å². The standard InChI is InChI=1S/C18H27NO/c1-3-4-12-19(17-8-6-5-7-9-17)14-16-13-15(2)10-11-18(16)20/h5-9,15-16H,3-4,10-14H2,1-2H3. The number of benzene rings is 1. The molecule has 0 N–H and O–H groups in total. The van der Waals surface area contributed by atoms with Gasteiger partial charge in [-0.1, -0.05) is 38.5 Å². The highest BCUT2D eigenvalue weighted by atomic mass is 16.1. The molecule has 0 radical (unpaired) electrons. The Labute approximate surface area is 123 Å². The van der Waals surface area contributed by atoms with Gasteiger partial charge in [-0.3, -0.25) is 4.79 Å². The Morgan fingerprint density at radius 1 is 1.25 bits per heavy atom. The maximum atomic E-state index is 12.2. The average Bonchev–Trinajstić information content (AvgIpc) is 2.48. The van der Waals surface area contributed by atoms with Crippen LogP contribution in [0.5, 0.6) is 0 Å². The predicted molar refractivity (Wildman–Crippen MR) is 85.1 cm³/mol. The van der Waals surface area contributed by atoms with Crippen LogP contribution in [0.3, 0.4) is 0 Å². The number of hydrogen-bond acceptors (Lipinski definition) is 2. The molecular weight excluding hydrogens is 246 g/mol. The van der Waals surface area contributed by atoms with Gasteiger partial charge in [-0.05, 0) is 37.3 Å². The fourth-order valence-corrected chi connectivity index (χ4v) is 3.08. The molecular formula is C18H27NO. The minimum absolute atomic E-state index is 0.232. The van der Waals surface area contributed by atoms with E-state index < -0.39 is 0 Å². The van der Waals surface area contributed by atoms with Crippen LogP contribution in [0.2, 0.25) is 0 Å². The molecule has 0 heterocycles. The zero-order valence-corrected chi connectivity index (χ0v) is 12.8. The van der Waals surface area contributed by atoms with Crippen molar-refractivity contribution >= 4 is 11.5 Å². The largest absolute Gasteiger partial charge is 0.371 e. The van der Waals surface area contributed by atoms with Gasteiger partial charge in [-0.25, -0.2) is 0 Å². The molecule has 2 atom stereocenters. The Hall–Kier alpha value is -1.31. The molecule has 110 valence electrons. The fraction of sp³-hybridized carbons (Fsp3) is 0.611. The first-order valence-electron chi connectivity index (χ1n) is 8.03. The minimum atomic E-state index is 0.232. The van der Waals surface area contributed by atoms with Crippen molar-refractivity contribution in [3.8, 4) is 0 Å². The summed E-state index contributed by atoms with van der Waals surface area (Å²) >= 11 is 0. The van der Waals surface area contributed by atoms with E-state index in [1.54, 1.807) is 0 Å². The molecule has 1 aliphatic carbocycles. The lowest BCUT2D eigenvalue weighted by Crippen LogP contribution is -2.37. The van der Waals surface area contributed by atoms with Gasteiger partial charge in [0.1, 0.15) is 5.78 Å². The highest BCUT2D eigenvalue weighted by molar-refractivity contribution is 5.82. The van der Waals surface area contributed by atoms with Gasteiger partial charge in [0.05, 0.1) is 0 Å². The normalized spacial score (nSPS) is 22.8. The van der Waals surface area contributed by atoms with E-state index in [0.29, 0.717) is 11.7 Å². The van der Waals surface area contributed by atoms with Crippen molar-refractivity contribution in [3.05, 3.63) is 30.3 Å². The molecule has 2 rings (SSSR count). The smallest absolute Gasteiger partial charge is 0.137 e. The van der Waals surface area contributed by atoms with Crippen molar-refractivity contribution in [1.29, 1.82) is 0 Å². The molecule has 0 spiro atoms. The number of unbranched alkanes of at least 4 members (excludes halogenated alkanes) is 1. The summed E-state index contributed by atoms with van der Waals surface area (Å²) in [5.41, 5.74) is 1.26. The molecule has 1 saturated carbocycles. The number of para-hydroxylation sites is 1. The highest BCUT2D eigenvalue weighted by Crippen LogP contribution is 2.28. The molecule has 1 aromatic rings. The van der Waals surface area contributed by atoms with Gasteiger partial charge in [-0.15, -0.1) is 0 Å². The van der Waals surface area contributed by atoms with Crippen LogP contribution in [0.4, 0.5) is 5.69 Å². The lowest BCUT2D eigenvalue weighted by Gasteiger charge is -2.32. The van der Waals surface area contributed by atoms with E-state index >= 15 is 0 Å². The van der Waals surface area contributed by atoms with E-state index in [0.717, 1.165) is 32.4 Å². The SMILES string of the molecule is CCCCN(CC1CC(C)CCC1=O)c1ccccc1. The minimum Gasteiger partial charge on any atom is -0.371 e. The third-order valence-corrected chi connectivity index (χ3v) is 4.37. The number of ketones is 1. The molecule has 0 amide bonds. The van der Waals surface area contributed by atoms with Gasteiger partial charge in [0.15, 0.2) is 0 Å². The Bertz CT molecular complexity index is 415. The average molecular weight is 273 g/mol. The Morgan fingerprint density at radius 2 is 2.00 bits per heavy atom. The van der Waals surface area contributed by atoms with Gasteiger partial charge in [-0.2, -0.15) is 0 Å². The molecule has 2 unspecified atom stereocenters. The third kappa shape index (κ3) is 4.09. The van der Waals surface area contributed by atoms with Crippen molar-refractivity contribution in [3.63, 3.8) is 0 Å². The number of hydrogen-bond donors (Lipinski definition) is 0.